The molecule has 2 aromatic rings. The number of nitrogens with zero attached hydrogens (tertiary/aromatic N) is 1. The number of carboxylic acid groups (broad SMARTS) is 1. The van der Waals surface area contributed by atoms with Gasteiger partial charge in [0.2, 0.25) is 5.76 Å². The highest BCUT2D eigenvalue weighted by atomic mass is 16.4. The van der Waals surface area contributed by atoms with Gasteiger partial charge in [0.05, 0.1) is 6.04 Å². The molecule has 0 saturated heterocycles. The van der Waals surface area contributed by atoms with Gasteiger partial charge in [-0.2, -0.15) is 0 Å². The molecule has 1 aliphatic rings. The van der Waals surface area contributed by atoms with Crippen molar-refractivity contribution < 1.29 is 19.1 Å². The van der Waals surface area contributed by atoms with E-state index in [4.69, 9.17) is 9.52 Å². The normalized spacial score (nSPS) is 16.5. The summed E-state index contributed by atoms with van der Waals surface area (Å²) >= 11 is 0. The third kappa shape index (κ3) is 2.31. The monoisotopic (exact) mass is 285 g/mol. The second-order valence-electron chi connectivity index (χ2n) is 5.14. The molecule has 108 valence electrons. The van der Waals surface area contributed by atoms with Crippen molar-refractivity contribution in [2.24, 2.45) is 0 Å². The first-order valence-corrected chi connectivity index (χ1v) is 6.76. The predicted molar refractivity (Wildman–Crippen MR) is 75.3 cm³/mol. The van der Waals surface area contributed by atoms with Gasteiger partial charge >= 0.3 is 5.97 Å². The van der Waals surface area contributed by atoms with E-state index in [0.717, 1.165) is 18.4 Å². The number of hydrogen-bond donors (Lipinski definition) is 1. The molecular formula is C16H15NO4. The van der Waals surface area contributed by atoms with Crippen LogP contribution in [0.25, 0.3) is 0 Å². The Hall–Kier alpha value is -2.56. The molecule has 1 N–H and O–H groups in total. The summed E-state index contributed by atoms with van der Waals surface area (Å²) in [5.74, 6) is -1.65. The van der Waals surface area contributed by atoms with Crippen molar-refractivity contribution in [3.05, 3.63) is 59.0 Å². The molecule has 0 saturated carbocycles. The maximum Gasteiger partial charge on any atom is 0.371 e. The van der Waals surface area contributed by atoms with E-state index in [9.17, 15) is 9.59 Å². The van der Waals surface area contributed by atoms with E-state index in [-0.39, 0.29) is 23.5 Å². The van der Waals surface area contributed by atoms with Crippen LogP contribution in [0.5, 0.6) is 0 Å². The largest absolute Gasteiger partial charge is 0.475 e. The first kappa shape index (κ1) is 13.4. The molecule has 21 heavy (non-hydrogen) atoms. The molecule has 1 amide bonds. The Labute approximate surface area is 121 Å². The summed E-state index contributed by atoms with van der Waals surface area (Å²) in [7, 11) is 1.72. The molecule has 1 heterocycles. The maximum absolute atomic E-state index is 12.4. The van der Waals surface area contributed by atoms with Gasteiger partial charge in [-0.3, -0.25) is 4.79 Å². The van der Waals surface area contributed by atoms with Crippen molar-refractivity contribution >= 4 is 11.9 Å². The van der Waals surface area contributed by atoms with Crippen molar-refractivity contribution in [3.8, 4) is 0 Å². The fourth-order valence-corrected chi connectivity index (χ4v) is 2.82. The number of carboxylic acids is 1. The number of furan rings is 1. The van der Waals surface area contributed by atoms with Crippen LogP contribution in [0.1, 0.15) is 44.7 Å². The number of carbonyl (C=O) groups excluding carboxylic acids is 1. The summed E-state index contributed by atoms with van der Waals surface area (Å²) in [4.78, 5) is 24.8. The first-order valence-electron chi connectivity index (χ1n) is 6.76. The van der Waals surface area contributed by atoms with E-state index in [1.54, 1.807) is 11.9 Å². The molecule has 0 radical (unpaired) electrons. The average Bonchev–Trinajstić information content (AvgIpc) is 3.12. The van der Waals surface area contributed by atoms with Gasteiger partial charge < -0.3 is 14.4 Å². The zero-order valence-corrected chi connectivity index (χ0v) is 11.6. The number of hydrogen-bond acceptors (Lipinski definition) is 3. The van der Waals surface area contributed by atoms with E-state index in [2.05, 4.69) is 6.07 Å². The molecule has 0 aliphatic heterocycles. The van der Waals surface area contributed by atoms with Crippen LogP contribution in [0.3, 0.4) is 0 Å². The fraction of sp³-hybridized carbons (Fsp3) is 0.250. The van der Waals surface area contributed by atoms with E-state index in [1.165, 1.54) is 17.7 Å². The van der Waals surface area contributed by atoms with E-state index >= 15 is 0 Å². The Bertz CT molecular complexity index is 704. The number of rotatable bonds is 3. The van der Waals surface area contributed by atoms with Crippen LogP contribution in [0.15, 0.2) is 40.8 Å². The van der Waals surface area contributed by atoms with Crippen molar-refractivity contribution in [3.63, 3.8) is 0 Å². The second kappa shape index (κ2) is 5.09. The molecule has 0 bridgehead atoms. The predicted octanol–water partition coefficient (Wildman–Crippen LogP) is 2.74. The quantitative estimate of drug-likeness (QED) is 0.941. The van der Waals surface area contributed by atoms with Gasteiger partial charge in [-0.1, -0.05) is 24.3 Å². The van der Waals surface area contributed by atoms with Crippen molar-refractivity contribution in [2.45, 2.75) is 18.9 Å². The minimum Gasteiger partial charge on any atom is -0.475 e. The zero-order chi connectivity index (χ0) is 15.0. The lowest BCUT2D eigenvalue weighted by Gasteiger charge is -2.24. The van der Waals surface area contributed by atoms with Gasteiger partial charge in [-0.15, -0.1) is 0 Å². The standard InChI is InChI=1S/C16H15NO4/c1-17(12-7-6-10-4-2-3-5-11(10)12)15(18)13-8-9-14(21-13)16(19)20/h2-5,8-9,12H,6-7H2,1H3,(H,19,20)/t12-/m0/s1. The number of amides is 1. The van der Waals surface area contributed by atoms with Crippen molar-refractivity contribution in [1.82, 2.24) is 4.90 Å². The summed E-state index contributed by atoms with van der Waals surface area (Å²) in [6.45, 7) is 0. The lowest BCUT2D eigenvalue weighted by molar-refractivity contribution is 0.0644. The van der Waals surface area contributed by atoms with Gasteiger partial charge in [-0.25, -0.2) is 4.79 Å². The van der Waals surface area contributed by atoms with Crippen LogP contribution < -0.4 is 0 Å². The van der Waals surface area contributed by atoms with Gasteiger partial charge in [-0.05, 0) is 36.1 Å². The third-order valence-electron chi connectivity index (χ3n) is 3.92. The van der Waals surface area contributed by atoms with Gasteiger partial charge in [0.15, 0.2) is 5.76 Å². The van der Waals surface area contributed by atoms with Crippen LogP contribution in [0.2, 0.25) is 0 Å². The van der Waals surface area contributed by atoms with Gasteiger partial charge in [0, 0.05) is 7.05 Å². The van der Waals surface area contributed by atoms with E-state index in [1.807, 2.05) is 18.2 Å². The molecule has 1 aliphatic carbocycles. The lowest BCUT2D eigenvalue weighted by atomic mass is 10.1. The average molecular weight is 285 g/mol. The van der Waals surface area contributed by atoms with Crippen molar-refractivity contribution in [1.29, 1.82) is 0 Å². The topological polar surface area (TPSA) is 70.8 Å². The molecule has 1 aromatic heterocycles. The number of aromatic carboxylic acids is 1. The Kier molecular flexibility index (Phi) is 3.25. The Morgan fingerprint density at radius 2 is 1.90 bits per heavy atom. The van der Waals surface area contributed by atoms with E-state index < -0.39 is 5.97 Å². The van der Waals surface area contributed by atoms with E-state index in [0.29, 0.717) is 0 Å². The smallest absolute Gasteiger partial charge is 0.371 e. The molecule has 5 nitrogen and oxygen atoms in total. The highest BCUT2D eigenvalue weighted by Crippen LogP contribution is 2.35. The number of carbonyl (C=O) groups is 2. The molecule has 3 rings (SSSR count). The molecule has 1 aromatic carbocycles. The summed E-state index contributed by atoms with van der Waals surface area (Å²) in [5.41, 5.74) is 2.41. The summed E-state index contributed by atoms with van der Waals surface area (Å²) in [6.07, 6.45) is 1.81. The van der Waals surface area contributed by atoms with Crippen LogP contribution in [-0.2, 0) is 6.42 Å². The van der Waals surface area contributed by atoms with Crippen LogP contribution in [0.4, 0.5) is 0 Å². The number of fused-ring (bicyclic) bond motifs is 1. The van der Waals surface area contributed by atoms with Crippen LogP contribution >= 0.6 is 0 Å². The highest BCUT2D eigenvalue weighted by molar-refractivity contribution is 5.93. The molecule has 0 unspecified atom stereocenters. The molecule has 0 spiro atoms. The summed E-state index contributed by atoms with van der Waals surface area (Å²) in [5, 5.41) is 8.84. The minimum atomic E-state index is -1.18. The second-order valence-corrected chi connectivity index (χ2v) is 5.14. The molecular weight excluding hydrogens is 270 g/mol. The maximum atomic E-state index is 12.4. The van der Waals surface area contributed by atoms with Gasteiger partial charge in [0.25, 0.3) is 5.91 Å². The Morgan fingerprint density at radius 3 is 2.62 bits per heavy atom. The van der Waals surface area contributed by atoms with Crippen LogP contribution in [0, 0.1) is 0 Å². The SMILES string of the molecule is CN(C(=O)c1ccc(C(=O)O)o1)[C@H]1CCc2ccccc21. The number of benzene rings is 1. The summed E-state index contributed by atoms with van der Waals surface area (Å²) in [6, 6.07) is 10.8. The number of aryl methyl sites for hydroxylation is 1. The lowest BCUT2D eigenvalue weighted by Crippen LogP contribution is -2.29. The fourth-order valence-electron chi connectivity index (χ4n) is 2.82. The molecule has 0 fully saturated rings. The Balaban J connectivity index is 1.83. The first-order chi connectivity index (χ1) is 10.1. The molecule has 1 atom stereocenters. The van der Waals surface area contributed by atoms with Crippen molar-refractivity contribution in [2.75, 3.05) is 7.05 Å². The minimum absolute atomic E-state index is 0.00655. The summed E-state index contributed by atoms with van der Waals surface area (Å²) < 4.78 is 5.08. The van der Waals surface area contributed by atoms with Gasteiger partial charge in [0.1, 0.15) is 0 Å². The van der Waals surface area contributed by atoms with Crippen LogP contribution in [-0.4, -0.2) is 28.9 Å². The molecule has 5 heteroatoms. The highest BCUT2D eigenvalue weighted by Gasteiger charge is 2.30. The Morgan fingerprint density at radius 1 is 1.19 bits per heavy atom. The third-order valence-corrected chi connectivity index (χ3v) is 3.92. The zero-order valence-electron chi connectivity index (χ0n) is 11.6.